The topological polar surface area (TPSA) is 49.3 Å². The number of carbonyl (C=O) groups excluding carboxylic acids is 1. The number of aryl methyl sites for hydroxylation is 3. The number of rotatable bonds is 7. The van der Waals surface area contributed by atoms with Crippen LogP contribution in [-0.4, -0.2) is 33.9 Å². The van der Waals surface area contributed by atoms with Gasteiger partial charge in [0.2, 0.25) is 5.95 Å². The van der Waals surface area contributed by atoms with E-state index in [1.54, 1.807) is 6.20 Å². The van der Waals surface area contributed by atoms with Crippen LogP contribution in [0.1, 0.15) is 76.1 Å². The van der Waals surface area contributed by atoms with Crippen molar-refractivity contribution in [2.75, 3.05) is 18.0 Å². The van der Waals surface area contributed by atoms with Crippen molar-refractivity contribution in [1.29, 1.82) is 0 Å². The van der Waals surface area contributed by atoms with Gasteiger partial charge in [-0.3, -0.25) is 4.79 Å². The molecule has 0 unspecified atom stereocenters. The first-order chi connectivity index (χ1) is 20.0. The highest BCUT2D eigenvalue weighted by atomic mass is 35.5. The lowest BCUT2D eigenvalue weighted by Crippen LogP contribution is -2.32. The third-order valence-corrected chi connectivity index (χ3v) is 9.01. The van der Waals surface area contributed by atoms with Crippen molar-refractivity contribution in [1.82, 2.24) is 14.9 Å². The molecule has 0 radical (unpaired) electrons. The smallest absolute Gasteiger partial charge is 0.257 e. The van der Waals surface area contributed by atoms with Crippen molar-refractivity contribution < 1.29 is 4.79 Å². The summed E-state index contributed by atoms with van der Waals surface area (Å²) in [6, 6.07) is 24.6. The normalized spacial score (nSPS) is 18.7. The van der Waals surface area contributed by atoms with Crippen LogP contribution >= 0.6 is 23.2 Å². The Bertz CT molecular complexity index is 1520. The SMILES string of the molecule is Cc1ccccc1CCc1nc(N2CCC[C@@H]2c2ccc(Cl)cc2)ncc1C(=O)N1CCC[C@H]1c1ccc(Cl)cc1. The summed E-state index contributed by atoms with van der Waals surface area (Å²) in [5.74, 6) is 0.693. The van der Waals surface area contributed by atoms with Gasteiger partial charge >= 0.3 is 0 Å². The highest BCUT2D eigenvalue weighted by Gasteiger charge is 2.33. The second-order valence-corrected chi connectivity index (χ2v) is 11.9. The number of halogens is 2. The van der Waals surface area contributed by atoms with Gasteiger partial charge in [0.05, 0.1) is 23.3 Å². The zero-order valence-corrected chi connectivity index (χ0v) is 24.8. The van der Waals surface area contributed by atoms with Crippen LogP contribution in [0.3, 0.4) is 0 Å². The van der Waals surface area contributed by atoms with E-state index in [0.29, 0.717) is 23.0 Å². The molecule has 7 heteroatoms. The number of hydrogen-bond donors (Lipinski definition) is 0. The Hall–Kier alpha value is -3.41. The van der Waals surface area contributed by atoms with E-state index in [1.165, 1.54) is 16.7 Å². The van der Waals surface area contributed by atoms with Crippen LogP contribution in [0.2, 0.25) is 10.0 Å². The standard InChI is InChI=1S/C34H34Cl2N4O/c1-23-6-2-3-7-24(23)14-19-30-29(33(41)39-20-4-8-31(39)25-10-15-27(35)16-11-25)22-37-34(38-30)40-21-5-9-32(40)26-12-17-28(36)18-13-26/h2-3,6-7,10-13,15-18,22,31-32H,4-5,8-9,14,19-21H2,1H3/t31-,32+/m0/s1. The summed E-state index contributed by atoms with van der Waals surface area (Å²) in [4.78, 5) is 28.3. The molecule has 2 atom stereocenters. The zero-order valence-electron chi connectivity index (χ0n) is 23.3. The van der Waals surface area contributed by atoms with Crippen LogP contribution in [0.25, 0.3) is 0 Å². The van der Waals surface area contributed by atoms with E-state index in [9.17, 15) is 4.79 Å². The minimum Gasteiger partial charge on any atom is -0.334 e. The summed E-state index contributed by atoms with van der Waals surface area (Å²) in [5, 5.41) is 1.43. The molecule has 0 bridgehead atoms. The van der Waals surface area contributed by atoms with Crippen molar-refractivity contribution in [2.24, 2.45) is 0 Å². The molecule has 3 aromatic carbocycles. The summed E-state index contributed by atoms with van der Waals surface area (Å²) in [5.41, 5.74) is 6.25. The average Bonchev–Trinajstić information content (AvgIpc) is 3.68. The first-order valence-corrected chi connectivity index (χ1v) is 15.2. The Labute approximate surface area is 252 Å². The van der Waals surface area contributed by atoms with Gasteiger partial charge in [0.15, 0.2) is 0 Å². The van der Waals surface area contributed by atoms with E-state index in [0.717, 1.165) is 61.5 Å². The van der Waals surface area contributed by atoms with Gasteiger partial charge in [-0.05, 0) is 92.0 Å². The lowest BCUT2D eigenvalue weighted by atomic mass is 10.0. The van der Waals surface area contributed by atoms with Crippen LogP contribution in [-0.2, 0) is 12.8 Å². The second-order valence-electron chi connectivity index (χ2n) is 11.1. The molecule has 3 heterocycles. The van der Waals surface area contributed by atoms with E-state index in [1.807, 2.05) is 41.3 Å². The summed E-state index contributed by atoms with van der Waals surface area (Å²) >= 11 is 12.3. The number of benzene rings is 3. The van der Waals surface area contributed by atoms with Crippen LogP contribution in [0.15, 0.2) is 79.0 Å². The molecule has 0 N–H and O–H groups in total. The Kier molecular flexibility index (Phi) is 8.27. The van der Waals surface area contributed by atoms with Crippen LogP contribution in [0.5, 0.6) is 0 Å². The Morgan fingerprint density at radius 2 is 1.46 bits per heavy atom. The summed E-state index contributed by atoms with van der Waals surface area (Å²) in [7, 11) is 0. The fourth-order valence-electron chi connectivity index (χ4n) is 6.29. The van der Waals surface area contributed by atoms with Gasteiger partial charge < -0.3 is 9.80 Å². The van der Waals surface area contributed by atoms with Gasteiger partial charge in [0.25, 0.3) is 5.91 Å². The lowest BCUT2D eigenvalue weighted by molar-refractivity contribution is 0.0733. The number of amides is 1. The molecular weight excluding hydrogens is 551 g/mol. The first kappa shape index (κ1) is 27.7. The molecule has 2 fully saturated rings. The molecule has 2 saturated heterocycles. The number of aromatic nitrogens is 2. The molecular formula is C34H34Cl2N4O. The molecule has 2 aliphatic heterocycles. The molecule has 0 saturated carbocycles. The third-order valence-electron chi connectivity index (χ3n) is 8.51. The van der Waals surface area contributed by atoms with Gasteiger partial charge in [-0.2, -0.15) is 0 Å². The zero-order chi connectivity index (χ0) is 28.3. The Balaban J connectivity index is 1.33. The maximum atomic E-state index is 14.1. The molecule has 1 aromatic heterocycles. The van der Waals surface area contributed by atoms with Crippen LogP contribution in [0, 0.1) is 6.92 Å². The minimum absolute atomic E-state index is 0.00413. The maximum absolute atomic E-state index is 14.1. The highest BCUT2D eigenvalue weighted by Crippen LogP contribution is 2.37. The molecule has 5 nitrogen and oxygen atoms in total. The summed E-state index contributed by atoms with van der Waals surface area (Å²) in [6.45, 7) is 3.73. The minimum atomic E-state index is 0.00413. The van der Waals surface area contributed by atoms with Crippen molar-refractivity contribution in [2.45, 2.75) is 57.5 Å². The number of likely N-dealkylation sites (tertiary alicyclic amines) is 1. The Morgan fingerprint density at radius 1 is 0.829 bits per heavy atom. The maximum Gasteiger partial charge on any atom is 0.257 e. The van der Waals surface area contributed by atoms with Gasteiger partial charge in [-0.1, -0.05) is 71.7 Å². The van der Waals surface area contributed by atoms with Crippen LogP contribution < -0.4 is 4.90 Å². The fourth-order valence-corrected chi connectivity index (χ4v) is 6.54. The summed E-state index contributed by atoms with van der Waals surface area (Å²) in [6.07, 6.45) is 7.24. The molecule has 4 aromatic rings. The van der Waals surface area contributed by atoms with Crippen molar-refractivity contribution >= 4 is 35.1 Å². The number of nitrogens with zero attached hydrogens (tertiary/aromatic N) is 4. The molecule has 210 valence electrons. The molecule has 2 aliphatic rings. The lowest BCUT2D eigenvalue weighted by Gasteiger charge is -2.28. The van der Waals surface area contributed by atoms with E-state index in [-0.39, 0.29) is 18.0 Å². The molecule has 0 aliphatic carbocycles. The van der Waals surface area contributed by atoms with Crippen molar-refractivity contribution in [3.8, 4) is 0 Å². The quantitative estimate of drug-likeness (QED) is 0.219. The molecule has 41 heavy (non-hydrogen) atoms. The average molecular weight is 586 g/mol. The molecule has 1 amide bonds. The highest BCUT2D eigenvalue weighted by molar-refractivity contribution is 6.30. The molecule has 6 rings (SSSR count). The number of anilines is 1. The largest absolute Gasteiger partial charge is 0.334 e. The van der Waals surface area contributed by atoms with Gasteiger partial charge in [-0.25, -0.2) is 9.97 Å². The third kappa shape index (κ3) is 5.98. The van der Waals surface area contributed by atoms with Crippen molar-refractivity contribution in [3.63, 3.8) is 0 Å². The van der Waals surface area contributed by atoms with Gasteiger partial charge in [0.1, 0.15) is 0 Å². The predicted molar refractivity (Wildman–Crippen MR) is 166 cm³/mol. The number of hydrogen-bond acceptors (Lipinski definition) is 4. The summed E-state index contributed by atoms with van der Waals surface area (Å²) < 4.78 is 0. The second kappa shape index (κ2) is 12.2. The van der Waals surface area contributed by atoms with Crippen LogP contribution in [0.4, 0.5) is 5.95 Å². The van der Waals surface area contributed by atoms with E-state index >= 15 is 0 Å². The predicted octanol–water partition coefficient (Wildman–Crippen LogP) is 8.20. The van der Waals surface area contributed by atoms with Gasteiger partial charge in [-0.15, -0.1) is 0 Å². The van der Waals surface area contributed by atoms with E-state index in [4.69, 9.17) is 33.2 Å². The van der Waals surface area contributed by atoms with Crippen molar-refractivity contribution in [3.05, 3.63) is 123 Å². The van der Waals surface area contributed by atoms with E-state index in [2.05, 4.69) is 48.2 Å². The fraction of sp³-hybridized carbons (Fsp3) is 0.324. The monoisotopic (exact) mass is 584 g/mol. The van der Waals surface area contributed by atoms with E-state index < -0.39 is 0 Å². The number of carbonyl (C=O) groups is 1. The van der Waals surface area contributed by atoms with Gasteiger partial charge in [0, 0.05) is 29.3 Å². The first-order valence-electron chi connectivity index (χ1n) is 14.5. The Morgan fingerprint density at radius 3 is 2.17 bits per heavy atom. The molecule has 0 spiro atoms.